The second-order valence-electron chi connectivity index (χ2n) is 3.55. The molecule has 0 aliphatic carbocycles. The molecule has 0 aliphatic heterocycles. The lowest BCUT2D eigenvalue weighted by atomic mass is 10.2. The van der Waals surface area contributed by atoms with Gasteiger partial charge in [-0.2, -0.15) is 0 Å². The highest BCUT2D eigenvalue weighted by molar-refractivity contribution is 7.13. The summed E-state index contributed by atoms with van der Waals surface area (Å²) in [6, 6.07) is 0. The van der Waals surface area contributed by atoms with Crippen molar-refractivity contribution in [2.24, 2.45) is 0 Å². The number of unbranched alkanes of at least 4 members (excludes halogenated alkanes) is 1. The van der Waals surface area contributed by atoms with E-state index in [1.54, 1.807) is 5.38 Å². The Balaban J connectivity index is 2.11. The van der Waals surface area contributed by atoms with Crippen LogP contribution in [0.4, 0.5) is 5.13 Å². The third-order valence-electron chi connectivity index (χ3n) is 2.05. The molecule has 1 aromatic rings. The van der Waals surface area contributed by atoms with Gasteiger partial charge in [-0.05, 0) is 12.8 Å². The first-order valence-electron chi connectivity index (χ1n) is 5.26. The molecule has 1 rings (SSSR count). The summed E-state index contributed by atoms with van der Waals surface area (Å²) in [7, 11) is 0. The van der Waals surface area contributed by atoms with E-state index in [1.165, 1.54) is 11.3 Å². The van der Waals surface area contributed by atoms with Crippen molar-refractivity contribution in [3.8, 4) is 0 Å². The largest absolute Gasteiger partial charge is 0.481 e. The number of aliphatic carboxylic acids is 1. The van der Waals surface area contributed by atoms with Crippen molar-refractivity contribution in [3.63, 3.8) is 0 Å². The van der Waals surface area contributed by atoms with Gasteiger partial charge < -0.3 is 16.2 Å². The van der Waals surface area contributed by atoms with Crippen LogP contribution in [0.15, 0.2) is 5.38 Å². The maximum atomic E-state index is 11.4. The van der Waals surface area contributed by atoms with Crippen LogP contribution in [-0.2, 0) is 16.0 Å². The average molecular weight is 257 g/mol. The number of nitrogens with one attached hydrogen (secondary N) is 1. The summed E-state index contributed by atoms with van der Waals surface area (Å²) in [5.74, 6) is -0.931. The molecule has 94 valence electrons. The molecular weight excluding hydrogens is 242 g/mol. The summed E-state index contributed by atoms with van der Waals surface area (Å²) in [4.78, 5) is 25.6. The topological polar surface area (TPSA) is 105 Å². The molecule has 0 bridgehead atoms. The minimum atomic E-state index is -0.811. The Morgan fingerprint density at radius 2 is 2.24 bits per heavy atom. The van der Waals surface area contributed by atoms with Gasteiger partial charge in [-0.25, -0.2) is 4.98 Å². The zero-order valence-corrected chi connectivity index (χ0v) is 10.1. The van der Waals surface area contributed by atoms with Crippen LogP contribution >= 0.6 is 11.3 Å². The van der Waals surface area contributed by atoms with Gasteiger partial charge in [-0.1, -0.05) is 0 Å². The Morgan fingerprint density at radius 3 is 2.82 bits per heavy atom. The highest BCUT2D eigenvalue weighted by Gasteiger charge is 2.06. The average Bonchev–Trinajstić information content (AvgIpc) is 2.63. The summed E-state index contributed by atoms with van der Waals surface area (Å²) in [5.41, 5.74) is 6.10. The zero-order chi connectivity index (χ0) is 12.7. The van der Waals surface area contributed by atoms with Gasteiger partial charge in [-0.3, -0.25) is 9.59 Å². The molecule has 1 aromatic heterocycles. The lowest BCUT2D eigenvalue weighted by molar-refractivity contribution is -0.137. The van der Waals surface area contributed by atoms with Crippen LogP contribution in [0.5, 0.6) is 0 Å². The lowest BCUT2D eigenvalue weighted by Gasteiger charge is -2.02. The zero-order valence-electron chi connectivity index (χ0n) is 9.31. The van der Waals surface area contributed by atoms with E-state index in [2.05, 4.69) is 10.3 Å². The number of hydrogen-bond acceptors (Lipinski definition) is 5. The Bertz CT molecular complexity index is 392. The maximum absolute atomic E-state index is 11.4. The van der Waals surface area contributed by atoms with Gasteiger partial charge in [0.2, 0.25) is 5.91 Å². The number of nitrogens with zero attached hydrogens (tertiary/aromatic N) is 1. The first-order valence-corrected chi connectivity index (χ1v) is 6.14. The summed E-state index contributed by atoms with van der Waals surface area (Å²) in [6.07, 6.45) is 1.58. The summed E-state index contributed by atoms with van der Waals surface area (Å²) >= 11 is 1.30. The molecule has 4 N–H and O–H groups in total. The predicted molar refractivity (Wildman–Crippen MR) is 64.7 cm³/mol. The minimum Gasteiger partial charge on any atom is -0.481 e. The van der Waals surface area contributed by atoms with E-state index in [1.807, 2.05) is 0 Å². The van der Waals surface area contributed by atoms with Gasteiger partial charge in [0.1, 0.15) is 0 Å². The van der Waals surface area contributed by atoms with Crippen LogP contribution in [0.3, 0.4) is 0 Å². The predicted octanol–water partition coefficient (Wildman–Crippen LogP) is 0.639. The SMILES string of the molecule is Nc1nc(CC(=O)NCCCCC(=O)O)cs1. The van der Waals surface area contributed by atoms with Crippen molar-refractivity contribution in [2.45, 2.75) is 25.7 Å². The van der Waals surface area contributed by atoms with Crippen molar-refractivity contribution in [3.05, 3.63) is 11.1 Å². The Morgan fingerprint density at radius 1 is 1.47 bits per heavy atom. The number of hydrogen-bond donors (Lipinski definition) is 3. The van der Waals surface area contributed by atoms with Crippen molar-refractivity contribution in [2.75, 3.05) is 12.3 Å². The Hall–Kier alpha value is -1.63. The number of nitrogens with two attached hydrogens (primary N) is 1. The van der Waals surface area contributed by atoms with Gasteiger partial charge in [0.25, 0.3) is 0 Å². The van der Waals surface area contributed by atoms with E-state index in [4.69, 9.17) is 10.8 Å². The third-order valence-corrected chi connectivity index (χ3v) is 2.77. The molecule has 1 heterocycles. The molecule has 0 unspecified atom stereocenters. The number of carboxylic acid groups (broad SMARTS) is 1. The number of anilines is 1. The van der Waals surface area contributed by atoms with Gasteiger partial charge in [-0.15, -0.1) is 11.3 Å². The number of amides is 1. The number of thiazole rings is 1. The number of nitrogen functional groups attached to an aromatic ring is 1. The van der Waals surface area contributed by atoms with E-state index in [0.717, 1.165) is 0 Å². The number of aromatic nitrogens is 1. The van der Waals surface area contributed by atoms with Gasteiger partial charge >= 0.3 is 5.97 Å². The molecule has 0 radical (unpaired) electrons. The normalized spacial score (nSPS) is 10.1. The first-order chi connectivity index (χ1) is 8.08. The smallest absolute Gasteiger partial charge is 0.303 e. The molecule has 0 atom stereocenters. The van der Waals surface area contributed by atoms with E-state index in [9.17, 15) is 9.59 Å². The first kappa shape index (κ1) is 13.4. The number of rotatable bonds is 7. The fourth-order valence-corrected chi connectivity index (χ4v) is 1.82. The molecule has 0 saturated heterocycles. The highest BCUT2D eigenvalue weighted by Crippen LogP contribution is 2.11. The molecule has 7 heteroatoms. The van der Waals surface area contributed by atoms with Gasteiger partial charge in [0, 0.05) is 18.3 Å². The maximum Gasteiger partial charge on any atom is 0.303 e. The molecule has 0 saturated carbocycles. The summed E-state index contributed by atoms with van der Waals surface area (Å²) in [6.45, 7) is 0.492. The monoisotopic (exact) mass is 257 g/mol. The van der Waals surface area contributed by atoms with Crippen molar-refractivity contribution in [1.82, 2.24) is 10.3 Å². The van der Waals surface area contributed by atoms with Gasteiger partial charge in [0.15, 0.2) is 5.13 Å². The van der Waals surface area contributed by atoms with E-state index in [0.29, 0.717) is 30.2 Å². The molecule has 0 fully saturated rings. The van der Waals surface area contributed by atoms with Crippen LogP contribution in [-0.4, -0.2) is 28.5 Å². The van der Waals surface area contributed by atoms with E-state index < -0.39 is 5.97 Å². The fraction of sp³-hybridized carbons (Fsp3) is 0.500. The summed E-state index contributed by atoms with van der Waals surface area (Å²) < 4.78 is 0. The second-order valence-corrected chi connectivity index (χ2v) is 4.44. The van der Waals surface area contributed by atoms with E-state index in [-0.39, 0.29) is 18.7 Å². The summed E-state index contributed by atoms with van der Waals surface area (Å²) in [5, 5.41) is 13.3. The van der Waals surface area contributed by atoms with Crippen LogP contribution in [0, 0.1) is 0 Å². The lowest BCUT2D eigenvalue weighted by Crippen LogP contribution is -2.26. The van der Waals surface area contributed by atoms with Gasteiger partial charge in [0.05, 0.1) is 12.1 Å². The molecule has 0 spiro atoms. The molecule has 1 amide bonds. The standard InChI is InChI=1S/C10H15N3O3S/c11-10-13-7(6-17-10)5-8(14)12-4-2-1-3-9(15)16/h6H,1-5H2,(H2,11,13)(H,12,14)(H,15,16). The molecule has 0 aromatic carbocycles. The minimum absolute atomic E-state index is 0.120. The Labute approximate surface area is 103 Å². The molecule has 0 aliphatic rings. The molecular formula is C10H15N3O3S. The van der Waals surface area contributed by atoms with Crippen molar-refractivity contribution < 1.29 is 14.7 Å². The molecule has 17 heavy (non-hydrogen) atoms. The molecule has 6 nitrogen and oxygen atoms in total. The van der Waals surface area contributed by atoms with Crippen LogP contribution < -0.4 is 11.1 Å². The Kier molecular flexibility index (Phi) is 5.41. The third kappa shape index (κ3) is 5.86. The second kappa shape index (κ2) is 6.85. The quantitative estimate of drug-likeness (QED) is 0.622. The number of carbonyl (C=O) groups is 2. The number of carbonyl (C=O) groups excluding carboxylic acids is 1. The van der Waals surface area contributed by atoms with Crippen LogP contribution in [0.2, 0.25) is 0 Å². The van der Waals surface area contributed by atoms with Crippen LogP contribution in [0.25, 0.3) is 0 Å². The van der Waals surface area contributed by atoms with Crippen molar-refractivity contribution in [1.29, 1.82) is 0 Å². The van der Waals surface area contributed by atoms with Crippen molar-refractivity contribution >= 4 is 28.3 Å². The van der Waals surface area contributed by atoms with E-state index >= 15 is 0 Å². The highest BCUT2D eigenvalue weighted by atomic mass is 32.1. The number of carboxylic acids is 1. The fourth-order valence-electron chi connectivity index (χ4n) is 1.26. The van der Waals surface area contributed by atoms with Crippen LogP contribution in [0.1, 0.15) is 25.0 Å².